The van der Waals surface area contributed by atoms with Crippen molar-refractivity contribution < 1.29 is 8.42 Å². The van der Waals surface area contributed by atoms with Gasteiger partial charge in [0, 0.05) is 11.7 Å². The molecule has 2 unspecified atom stereocenters. The average molecular weight is 282 g/mol. The maximum absolute atomic E-state index is 11.3. The third-order valence-corrected chi connectivity index (χ3v) is 4.70. The van der Waals surface area contributed by atoms with Crippen LogP contribution in [0.4, 0.5) is 5.69 Å². The zero-order valence-corrected chi connectivity index (χ0v) is 12.1. The quantitative estimate of drug-likeness (QED) is 0.837. The Morgan fingerprint density at radius 1 is 1.21 bits per heavy atom. The van der Waals surface area contributed by atoms with Crippen LogP contribution in [0, 0.1) is 5.92 Å². The number of rotatable bonds is 3. The maximum atomic E-state index is 11.3. The summed E-state index contributed by atoms with van der Waals surface area (Å²) in [6, 6.07) is 7.18. The Kier molecular flexibility index (Phi) is 4.47. The van der Waals surface area contributed by atoms with Gasteiger partial charge in [-0.25, -0.2) is 13.6 Å². The highest BCUT2D eigenvalue weighted by Gasteiger charge is 2.16. The van der Waals surface area contributed by atoms with Crippen LogP contribution in [0.5, 0.6) is 0 Å². The van der Waals surface area contributed by atoms with E-state index in [1.165, 1.54) is 25.3 Å². The monoisotopic (exact) mass is 282 g/mol. The molecule has 0 amide bonds. The highest BCUT2D eigenvalue weighted by atomic mass is 32.2. The van der Waals surface area contributed by atoms with E-state index in [9.17, 15) is 8.42 Å². The third kappa shape index (κ3) is 4.21. The lowest BCUT2D eigenvalue weighted by Gasteiger charge is -2.18. The Morgan fingerprint density at radius 3 is 2.74 bits per heavy atom. The van der Waals surface area contributed by atoms with Gasteiger partial charge in [-0.3, -0.25) is 0 Å². The number of hydrogen-bond donors (Lipinski definition) is 2. The fourth-order valence-corrected chi connectivity index (χ4v) is 3.19. The molecule has 0 aromatic heterocycles. The van der Waals surface area contributed by atoms with Crippen LogP contribution in [0.25, 0.3) is 0 Å². The van der Waals surface area contributed by atoms with Crippen molar-refractivity contribution in [3.05, 3.63) is 24.3 Å². The Labute approximate surface area is 115 Å². The van der Waals surface area contributed by atoms with E-state index in [1.54, 1.807) is 12.1 Å². The van der Waals surface area contributed by atoms with Gasteiger partial charge < -0.3 is 5.32 Å². The molecule has 1 aromatic carbocycles. The largest absolute Gasteiger partial charge is 0.382 e. The van der Waals surface area contributed by atoms with E-state index in [1.807, 2.05) is 6.07 Å². The molecule has 0 radical (unpaired) electrons. The number of benzene rings is 1. The van der Waals surface area contributed by atoms with E-state index in [0.717, 1.165) is 24.4 Å². The minimum atomic E-state index is -3.62. The van der Waals surface area contributed by atoms with Crippen LogP contribution in [0.2, 0.25) is 0 Å². The Bertz CT molecular complexity index is 528. The minimum absolute atomic E-state index is 0.166. The van der Waals surface area contributed by atoms with Gasteiger partial charge in [0.15, 0.2) is 0 Å². The molecule has 1 aromatic rings. The van der Waals surface area contributed by atoms with E-state index in [0.29, 0.717) is 6.04 Å². The van der Waals surface area contributed by atoms with Crippen molar-refractivity contribution in [1.29, 1.82) is 0 Å². The van der Waals surface area contributed by atoms with Crippen molar-refractivity contribution >= 4 is 15.7 Å². The summed E-state index contributed by atoms with van der Waals surface area (Å²) in [5.74, 6) is 0.794. The van der Waals surface area contributed by atoms with Gasteiger partial charge in [0.1, 0.15) is 0 Å². The van der Waals surface area contributed by atoms with Crippen LogP contribution in [0.1, 0.15) is 39.0 Å². The van der Waals surface area contributed by atoms with Gasteiger partial charge >= 0.3 is 0 Å². The van der Waals surface area contributed by atoms with Gasteiger partial charge in [0.25, 0.3) is 0 Å². The number of nitrogens with two attached hydrogens (primary N) is 1. The van der Waals surface area contributed by atoms with E-state index < -0.39 is 10.0 Å². The predicted octanol–water partition coefficient (Wildman–Crippen LogP) is 2.71. The highest BCUT2D eigenvalue weighted by molar-refractivity contribution is 7.89. The van der Waals surface area contributed by atoms with Crippen LogP contribution in [0.3, 0.4) is 0 Å². The second-order valence-corrected chi connectivity index (χ2v) is 7.09. The van der Waals surface area contributed by atoms with Crippen molar-refractivity contribution in [3.8, 4) is 0 Å². The van der Waals surface area contributed by atoms with Gasteiger partial charge in [-0.2, -0.15) is 0 Å². The second kappa shape index (κ2) is 5.92. The molecule has 1 saturated carbocycles. The summed E-state index contributed by atoms with van der Waals surface area (Å²) < 4.78 is 22.7. The summed E-state index contributed by atoms with van der Waals surface area (Å²) in [5.41, 5.74) is 0.839. The molecule has 3 N–H and O–H groups in total. The van der Waals surface area contributed by atoms with Gasteiger partial charge in [0.2, 0.25) is 10.0 Å². The molecule has 0 bridgehead atoms. The molecule has 5 heteroatoms. The van der Waals surface area contributed by atoms with Crippen LogP contribution < -0.4 is 10.5 Å². The molecular weight excluding hydrogens is 260 g/mol. The van der Waals surface area contributed by atoms with Gasteiger partial charge in [0.05, 0.1) is 4.90 Å². The first-order valence-electron chi connectivity index (χ1n) is 6.84. The number of anilines is 1. The summed E-state index contributed by atoms with van der Waals surface area (Å²) in [5, 5.41) is 8.58. The molecule has 1 aliphatic carbocycles. The Morgan fingerprint density at radius 2 is 2.00 bits per heavy atom. The average Bonchev–Trinajstić information content (AvgIpc) is 2.54. The number of primary sulfonamides is 1. The minimum Gasteiger partial charge on any atom is -0.382 e. The SMILES string of the molecule is CC1CCCC(Nc2cccc(S(N)(=O)=O)c2)CC1. The molecule has 2 atom stereocenters. The molecule has 2 rings (SSSR count). The normalized spacial score (nSPS) is 24.7. The smallest absolute Gasteiger partial charge is 0.238 e. The van der Waals surface area contributed by atoms with E-state index >= 15 is 0 Å². The number of nitrogens with one attached hydrogen (secondary N) is 1. The molecule has 0 spiro atoms. The molecule has 19 heavy (non-hydrogen) atoms. The van der Waals surface area contributed by atoms with Gasteiger partial charge in [-0.15, -0.1) is 0 Å². The zero-order chi connectivity index (χ0) is 13.9. The lowest BCUT2D eigenvalue weighted by atomic mass is 10.0. The highest BCUT2D eigenvalue weighted by Crippen LogP contribution is 2.25. The third-order valence-electron chi connectivity index (χ3n) is 3.79. The van der Waals surface area contributed by atoms with Crippen LogP contribution in [-0.2, 0) is 10.0 Å². The predicted molar refractivity (Wildman–Crippen MR) is 77.5 cm³/mol. The molecule has 0 aliphatic heterocycles. The molecule has 0 heterocycles. The molecule has 0 saturated heterocycles. The zero-order valence-electron chi connectivity index (χ0n) is 11.3. The summed E-state index contributed by atoms with van der Waals surface area (Å²) in [6.45, 7) is 2.30. The van der Waals surface area contributed by atoms with E-state index in [-0.39, 0.29) is 4.90 Å². The summed E-state index contributed by atoms with van der Waals surface area (Å²) in [6.07, 6.45) is 6.03. The molecule has 4 nitrogen and oxygen atoms in total. The molecule has 1 fully saturated rings. The standard InChI is InChI=1S/C14H22N2O2S/c1-11-4-2-5-12(9-8-11)16-13-6-3-7-14(10-13)19(15,17)18/h3,6-7,10-12,16H,2,4-5,8-9H2,1H3,(H2,15,17,18). The van der Waals surface area contributed by atoms with Crippen molar-refractivity contribution in [2.75, 3.05) is 5.32 Å². The van der Waals surface area contributed by atoms with E-state index in [4.69, 9.17) is 5.14 Å². The number of hydrogen-bond acceptors (Lipinski definition) is 3. The van der Waals surface area contributed by atoms with E-state index in [2.05, 4.69) is 12.2 Å². The van der Waals surface area contributed by atoms with Gasteiger partial charge in [-0.05, 0) is 43.4 Å². The topological polar surface area (TPSA) is 72.2 Å². The first-order valence-corrected chi connectivity index (χ1v) is 8.39. The van der Waals surface area contributed by atoms with Crippen molar-refractivity contribution in [2.45, 2.75) is 50.0 Å². The van der Waals surface area contributed by atoms with Crippen LogP contribution in [0.15, 0.2) is 29.2 Å². The van der Waals surface area contributed by atoms with Gasteiger partial charge in [-0.1, -0.05) is 25.8 Å². The Balaban J connectivity index is 2.07. The van der Waals surface area contributed by atoms with Crippen molar-refractivity contribution in [1.82, 2.24) is 0 Å². The summed E-state index contributed by atoms with van der Waals surface area (Å²) in [7, 11) is -3.62. The summed E-state index contributed by atoms with van der Waals surface area (Å²) in [4.78, 5) is 0.166. The fraction of sp³-hybridized carbons (Fsp3) is 0.571. The number of sulfonamides is 1. The molecule has 106 valence electrons. The Hall–Kier alpha value is -1.07. The summed E-state index contributed by atoms with van der Waals surface area (Å²) >= 11 is 0. The molecular formula is C14H22N2O2S. The van der Waals surface area contributed by atoms with Crippen LogP contribution >= 0.6 is 0 Å². The fourth-order valence-electron chi connectivity index (χ4n) is 2.63. The second-order valence-electron chi connectivity index (χ2n) is 5.53. The maximum Gasteiger partial charge on any atom is 0.238 e. The van der Waals surface area contributed by atoms with Crippen molar-refractivity contribution in [3.63, 3.8) is 0 Å². The lowest BCUT2D eigenvalue weighted by Crippen LogP contribution is -2.19. The lowest BCUT2D eigenvalue weighted by molar-refractivity contribution is 0.502. The van der Waals surface area contributed by atoms with Crippen LogP contribution in [-0.4, -0.2) is 14.5 Å². The van der Waals surface area contributed by atoms with Crippen molar-refractivity contribution in [2.24, 2.45) is 11.1 Å². The first-order chi connectivity index (χ1) is 8.95. The molecule has 1 aliphatic rings. The first kappa shape index (κ1) is 14.3.